The number of nitrogens with zero attached hydrogens (tertiary/aromatic N) is 1. The lowest BCUT2D eigenvalue weighted by molar-refractivity contribution is 1.28. The second-order valence-electron chi connectivity index (χ2n) is 11.9. The summed E-state index contributed by atoms with van der Waals surface area (Å²) in [6.07, 6.45) is 0. The molecule has 0 spiro atoms. The van der Waals surface area contributed by atoms with E-state index in [-0.39, 0.29) is 0 Å². The normalized spacial score (nSPS) is 11.0. The minimum Gasteiger partial charge on any atom is -0.311 e. The molecule has 1 heteroatoms. The van der Waals surface area contributed by atoms with E-state index in [4.69, 9.17) is 0 Å². The Morgan fingerprint density at radius 1 is 0.213 bits per heavy atom. The fourth-order valence-corrected chi connectivity index (χ4v) is 6.36. The molecule has 0 bridgehead atoms. The lowest BCUT2D eigenvalue weighted by Gasteiger charge is -2.26. The van der Waals surface area contributed by atoms with E-state index < -0.39 is 0 Å². The van der Waals surface area contributed by atoms with Crippen LogP contribution in [0.4, 0.5) is 17.1 Å². The number of hydrogen-bond acceptors (Lipinski definition) is 1. The lowest BCUT2D eigenvalue weighted by Crippen LogP contribution is -2.09. The van der Waals surface area contributed by atoms with Crippen molar-refractivity contribution in [2.45, 2.75) is 0 Å². The van der Waals surface area contributed by atoms with Crippen molar-refractivity contribution in [1.82, 2.24) is 0 Å². The van der Waals surface area contributed by atoms with Gasteiger partial charge in [-0.15, -0.1) is 0 Å². The summed E-state index contributed by atoms with van der Waals surface area (Å²) < 4.78 is 0. The minimum absolute atomic E-state index is 1.11. The van der Waals surface area contributed by atoms with Crippen LogP contribution in [0, 0.1) is 0 Å². The van der Waals surface area contributed by atoms with Crippen molar-refractivity contribution in [3.05, 3.63) is 200 Å². The zero-order valence-electron chi connectivity index (χ0n) is 26.0. The van der Waals surface area contributed by atoms with Crippen molar-refractivity contribution in [1.29, 1.82) is 0 Å². The molecule has 0 aliphatic heterocycles. The molecule has 0 saturated carbocycles. The van der Waals surface area contributed by atoms with Gasteiger partial charge in [0.15, 0.2) is 0 Å². The Morgan fingerprint density at radius 3 is 1.06 bits per heavy atom. The summed E-state index contributed by atoms with van der Waals surface area (Å²) in [6, 6.07) is 71.8. The summed E-state index contributed by atoms with van der Waals surface area (Å²) in [5, 5.41) is 2.52. The Kier molecular flexibility index (Phi) is 7.63. The first-order valence-corrected chi connectivity index (χ1v) is 16.1. The van der Waals surface area contributed by atoms with Crippen molar-refractivity contribution in [3.8, 4) is 44.5 Å². The smallest absolute Gasteiger partial charge is 0.0462 e. The highest BCUT2D eigenvalue weighted by molar-refractivity contribution is 5.88. The van der Waals surface area contributed by atoms with E-state index in [9.17, 15) is 0 Å². The number of rotatable bonds is 7. The average Bonchev–Trinajstić information content (AvgIpc) is 3.16. The van der Waals surface area contributed by atoms with Crippen LogP contribution < -0.4 is 4.90 Å². The van der Waals surface area contributed by atoms with Crippen LogP contribution in [0.2, 0.25) is 0 Å². The van der Waals surface area contributed by atoms with Gasteiger partial charge >= 0.3 is 0 Å². The monoisotopic (exact) mass is 599 g/mol. The van der Waals surface area contributed by atoms with Gasteiger partial charge in [-0.1, -0.05) is 152 Å². The van der Waals surface area contributed by atoms with Gasteiger partial charge in [-0.3, -0.25) is 0 Å². The van der Waals surface area contributed by atoms with Crippen LogP contribution in [-0.2, 0) is 0 Å². The molecular weight excluding hydrogens is 567 g/mol. The molecule has 0 radical (unpaired) electrons. The molecule has 0 aliphatic rings. The van der Waals surface area contributed by atoms with Crippen molar-refractivity contribution in [2.75, 3.05) is 4.90 Å². The van der Waals surface area contributed by atoms with Gasteiger partial charge in [0.25, 0.3) is 0 Å². The first-order valence-electron chi connectivity index (χ1n) is 16.1. The Labute approximate surface area is 276 Å². The summed E-state index contributed by atoms with van der Waals surface area (Å²) >= 11 is 0. The minimum atomic E-state index is 1.11. The predicted molar refractivity (Wildman–Crippen MR) is 200 cm³/mol. The summed E-state index contributed by atoms with van der Waals surface area (Å²) in [6.45, 7) is 0. The summed E-state index contributed by atoms with van der Waals surface area (Å²) in [5.74, 6) is 0. The van der Waals surface area contributed by atoms with Crippen molar-refractivity contribution in [3.63, 3.8) is 0 Å². The van der Waals surface area contributed by atoms with E-state index in [1.54, 1.807) is 0 Å². The molecule has 8 aromatic rings. The zero-order valence-corrected chi connectivity index (χ0v) is 26.0. The van der Waals surface area contributed by atoms with Gasteiger partial charge in [0.2, 0.25) is 0 Å². The molecule has 0 atom stereocenters. The fraction of sp³-hybridized carbons (Fsp3) is 0. The summed E-state index contributed by atoms with van der Waals surface area (Å²) in [5.41, 5.74) is 13.0. The van der Waals surface area contributed by atoms with Crippen LogP contribution in [-0.4, -0.2) is 0 Å². The third kappa shape index (κ3) is 5.95. The van der Waals surface area contributed by atoms with Crippen LogP contribution in [0.25, 0.3) is 55.3 Å². The van der Waals surface area contributed by atoms with E-state index >= 15 is 0 Å². The SMILES string of the molecule is c1ccc(-c2ccc(N(c3ccc(-c4ccccc4)cc3)c3ccc(-c4cccc(-c5ccc6ccccc6c5)c4)cc3)cc2)cc1. The second kappa shape index (κ2) is 12.7. The topological polar surface area (TPSA) is 3.24 Å². The third-order valence-corrected chi connectivity index (χ3v) is 8.87. The number of fused-ring (bicyclic) bond motifs is 1. The van der Waals surface area contributed by atoms with Crippen LogP contribution >= 0.6 is 0 Å². The van der Waals surface area contributed by atoms with Gasteiger partial charge < -0.3 is 4.90 Å². The molecule has 0 aromatic heterocycles. The van der Waals surface area contributed by atoms with Crippen LogP contribution in [0.5, 0.6) is 0 Å². The van der Waals surface area contributed by atoms with E-state index in [1.807, 2.05) is 0 Å². The maximum Gasteiger partial charge on any atom is 0.0462 e. The number of anilines is 3. The lowest BCUT2D eigenvalue weighted by atomic mass is 9.97. The van der Waals surface area contributed by atoms with Gasteiger partial charge in [-0.05, 0) is 104 Å². The highest BCUT2D eigenvalue weighted by atomic mass is 15.1. The molecule has 0 aliphatic carbocycles. The number of benzene rings is 8. The molecule has 8 aromatic carbocycles. The largest absolute Gasteiger partial charge is 0.311 e. The van der Waals surface area contributed by atoms with E-state index in [0.29, 0.717) is 0 Å². The average molecular weight is 600 g/mol. The van der Waals surface area contributed by atoms with Crippen molar-refractivity contribution >= 4 is 27.8 Å². The van der Waals surface area contributed by atoms with Gasteiger partial charge in [-0.25, -0.2) is 0 Å². The summed E-state index contributed by atoms with van der Waals surface area (Å²) in [7, 11) is 0. The van der Waals surface area contributed by atoms with Gasteiger partial charge in [-0.2, -0.15) is 0 Å². The quantitative estimate of drug-likeness (QED) is 0.176. The van der Waals surface area contributed by atoms with Crippen LogP contribution in [0.1, 0.15) is 0 Å². The standard InChI is InChI=1S/C46H33N/c1-3-10-34(11-4-1)37-20-26-44(27-21-37)47(45-28-22-38(23-29-45)35-12-5-2-6-13-35)46-30-24-39(25-31-46)41-16-9-17-42(32-41)43-19-18-36-14-7-8-15-40(36)33-43/h1-33H. The third-order valence-electron chi connectivity index (χ3n) is 8.87. The molecule has 0 N–H and O–H groups in total. The van der Waals surface area contributed by atoms with E-state index in [0.717, 1.165) is 17.1 Å². The maximum absolute atomic E-state index is 2.33. The molecule has 0 unspecified atom stereocenters. The van der Waals surface area contributed by atoms with Gasteiger partial charge in [0.1, 0.15) is 0 Å². The van der Waals surface area contributed by atoms with Crippen molar-refractivity contribution < 1.29 is 0 Å². The van der Waals surface area contributed by atoms with Crippen molar-refractivity contribution in [2.24, 2.45) is 0 Å². The zero-order chi connectivity index (χ0) is 31.4. The molecule has 222 valence electrons. The molecule has 0 saturated heterocycles. The molecule has 0 fully saturated rings. The summed E-state index contributed by atoms with van der Waals surface area (Å²) in [4.78, 5) is 2.33. The highest BCUT2D eigenvalue weighted by Gasteiger charge is 2.14. The Balaban J connectivity index is 1.14. The maximum atomic E-state index is 2.33. The van der Waals surface area contributed by atoms with Crippen LogP contribution in [0.3, 0.4) is 0 Å². The first-order chi connectivity index (χ1) is 23.3. The van der Waals surface area contributed by atoms with Crippen LogP contribution in [0.15, 0.2) is 200 Å². The van der Waals surface area contributed by atoms with Gasteiger partial charge in [0.05, 0.1) is 0 Å². The molecule has 8 rings (SSSR count). The highest BCUT2D eigenvalue weighted by Crippen LogP contribution is 2.38. The number of hydrogen-bond donors (Lipinski definition) is 0. The molecule has 0 heterocycles. The van der Waals surface area contributed by atoms with Gasteiger partial charge in [0, 0.05) is 17.1 Å². The Morgan fingerprint density at radius 2 is 0.553 bits per heavy atom. The predicted octanol–water partition coefficient (Wildman–Crippen LogP) is 13.0. The molecule has 47 heavy (non-hydrogen) atoms. The fourth-order valence-electron chi connectivity index (χ4n) is 6.36. The molecule has 1 nitrogen and oxygen atoms in total. The second-order valence-corrected chi connectivity index (χ2v) is 11.9. The molecule has 0 amide bonds. The van der Waals surface area contributed by atoms with E-state index in [1.165, 1.54) is 55.3 Å². The van der Waals surface area contributed by atoms with E-state index in [2.05, 4.69) is 205 Å². The Bertz CT molecular complexity index is 2170. The first kappa shape index (κ1) is 28.3. The Hall–Kier alpha value is -6.18. The molecular formula is C46H33N.